The van der Waals surface area contributed by atoms with Crippen LogP contribution in [0.15, 0.2) is 42.6 Å². The summed E-state index contributed by atoms with van der Waals surface area (Å²) < 4.78 is 32.0. The van der Waals surface area contributed by atoms with Crippen molar-refractivity contribution in [1.82, 2.24) is 4.40 Å². The van der Waals surface area contributed by atoms with E-state index in [2.05, 4.69) is 0 Å². The largest absolute Gasteiger partial charge is 0.465 e. The van der Waals surface area contributed by atoms with Crippen LogP contribution in [0.1, 0.15) is 22.3 Å². The Balaban J connectivity index is 2.44. The fourth-order valence-electron chi connectivity index (χ4n) is 2.40. The van der Waals surface area contributed by atoms with Gasteiger partial charge in [0.1, 0.15) is 0 Å². The Morgan fingerprint density at radius 2 is 1.90 bits per heavy atom. The Morgan fingerprint density at radius 3 is 2.60 bits per heavy atom. The zero-order valence-corrected chi connectivity index (χ0v) is 10.6. The lowest BCUT2D eigenvalue weighted by molar-refractivity contribution is 0.0605. The van der Waals surface area contributed by atoms with E-state index in [0.717, 1.165) is 0 Å². The number of para-hydroxylation sites is 1. The molecule has 0 aliphatic rings. The van der Waals surface area contributed by atoms with Crippen LogP contribution < -0.4 is 0 Å². The van der Waals surface area contributed by atoms with Crippen molar-refractivity contribution in [2.45, 2.75) is 6.43 Å². The molecule has 3 rings (SSSR count). The number of halogens is 2. The first-order valence-corrected chi connectivity index (χ1v) is 6.02. The van der Waals surface area contributed by atoms with E-state index >= 15 is 0 Å². The van der Waals surface area contributed by atoms with Gasteiger partial charge in [-0.1, -0.05) is 18.2 Å². The lowest BCUT2D eigenvalue weighted by Gasteiger charge is -2.03. The van der Waals surface area contributed by atoms with Crippen LogP contribution in [0.4, 0.5) is 8.78 Å². The number of carbonyl (C=O) groups excluding carboxylic acids is 1. The summed E-state index contributed by atoms with van der Waals surface area (Å²) >= 11 is 0. The van der Waals surface area contributed by atoms with Gasteiger partial charge in [-0.25, -0.2) is 13.6 Å². The van der Waals surface area contributed by atoms with Gasteiger partial charge < -0.3 is 9.14 Å². The average molecular weight is 275 g/mol. The Morgan fingerprint density at radius 1 is 1.15 bits per heavy atom. The summed E-state index contributed by atoms with van der Waals surface area (Å²) in [5.41, 5.74) is 1.56. The zero-order valence-electron chi connectivity index (χ0n) is 10.6. The molecule has 3 nitrogen and oxygen atoms in total. The highest BCUT2D eigenvalue weighted by molar-refractivity contribution is 6.11. The molecule has 1 aromatic carbocycles. The highest BCUT2D eigenvalue weighted by Crippen LogP contribution is 2.29. The molecule has 0 saturated heterocycles. The van der Waals surface area contributed by atoms with E-state index in [4.69, 9.17) is 4.74 Å². The molecule has 0 aliphatic heterocycles. The Hall–Kier alpha value is -2.43. The molecule has 0 radical (unpaired) electrons. The maximum absolute atomic E-state index is 12.8. The summed E-state index contributed by atoms with van der Waals surface area (Å²) in [6.07, 6.45) is -1.20. The minimum absolute atomic E-state index is 0.0883. The smallest absolute Gasteiger partial charge is 0.340 e. The van der Waals surface area contributed by atoms with E-state index in [-0.39, 0.29) is 5.56 Å². The summed E-state index contributed by atoms with van der Waals surface area (Å²) in [7, 11) is 1.30. The zero-order chi connectivity index (χ0) is 14.3. The van der Waals surface area contributed by atoms with Gasteiger partial charge in [0, 0.05) is 17.1 Å². The van der Waals surface area contributed by atoms with Gasteiger partial charge in [-0.15, -0.1) is 0 Å². The second-order valence-electron chi connectivity index (χ2n) is 4.40. The van der Waals surface area contributed by atoms with Crippen LogP contribution in [0.3, 0.4) is 0 Å². The molecule has 2 aromatic heterocycles. The van der Waals surface area contributed by atoms with Crippen LogP contribution in [0.5, 0.6) is 0 Å². The molecule has 0 saturated carbocycles. The summed E-state index contributed by atoms with van der Waals surface area (Å²) in [4.78, 5) is 11.9. The maximum Gasteiger partial charge on any atom is 0.340 e. The Kier molecular flexibility index (Phi) is 2.89. The molecule has 0 spiro atoms. The number of fused-ring (bicyclic) bond motifs is 3. The number of carbonyl (C=O) groups is 1. The molecule has 5 heteroatoms. The van der Waals surface area contributed by atoms with Crippen molar-refractivity contribution in [2.24, 2.45) is 0 Å². The van der Waals surface area contributed by atoms with Crippen LogP contribution in [0, 0.1) is 0 Å². The lowest BCUT2D eigenvalue weighted by atomic mass is 10.1. The molecule has 0 fully saturated rings. The Bertz CT molecular complexity index is 808. The van der Waals surface area contributed by atoms with Gasteiger partial charge >= 0.3 is 5.97 Å². The quantitative estimate of drug-likeness (QED) is 0.666. The third-order valence-electron chi connectivity index (χ3n) is 3.30. The number of methoxy groups -OCH3 is 1. The highest BCUT2D eigenvalue weighted by atomic mass is 19.3. The lowest BCUT2D eigenvalue weighted by Crippen LogP contribution is -2.01. The minimum atomic E-state index is -2.55. The van der Waals surface area contributed by atoms with Gasteiger partial charge in [-0.2, -0.15) is 0 Å². The molecule has 0 bridgehead atoms. The van der Waals surface area contributed by atoms with Crippen LogP contribution in [-0.4, -0.2) is 17.5 Å². The van der Waals surface area contributed by atoms with E-state index in [9.17, 15) is 13.6 Å². The van der Waals surface area contributed by atoms with Gasteiger partial charge in [-0.05, 0) is 18.2 Å². The van der Waals surface area contributed by atoms with Gasteiger partial charge in [-0.3, -0.25) is 0 Å². The van der Waals surface area contributed by atoms with Crippen LogP contribution in [-0.2, 0) is 4.74 Å². The SMILES string of the molecule is COC(=O)c1c2ccccc2n2cc(C(F)F)ccc12. The number of alkyl halides is 2. The molecular formula is C15H11F2NO2. The Labute approximate surface area is 113 Å². The molecule has 0 N–H and O–H groups in total. The number of esters is 1. The first kappa shape index (κ1) is 12.6. The first-order chi connectivity index (χ1) is 9.63. The van der Waals surface area contributed by atoms with Gasteiger partial charge in [0.15, 0.2) is 0 Å². The van der Waals surface area contributed by atoms with Crippen molar-refractivity contribution in [3.8, 4) is 0 Å². The van der Waals surface area contributed by atoms with Gasteiger partial charge in [0.25, 0.3) is 6.43 Å². The average Bonchev–Trinajstić information content (AvgIpc) is 2.80. The molecule has 0 aliphatic carbocycles. The topological polar surface area (TPSA) is 30.7 Å². The van der Waals surface area contributed by atoms with Crippen molar-refractivity contribution < 1.29 is 18.3 Å². The molecule has 2 heterocycles. The monoisotopic (exact) mass is 275 g/mol. The maximum atomic E-state index is 12.8. The molecule has 0 atom stereocenters. The molecular weight excluding hydrogens is 264 g/mol. The predicted molar refractivity (Wildman–Crippen MR) is 71.2 cm³/mol. The summed E-state index contributed by atoms with van der Waals surface area (Å²) in [5.74, 6) is -0.478. The number of nitrogens with zero attached hydrogens (tertiary/aromatic N) is 1. The first-order valence-electron chi connectivity index (χ1n) is 6.02. The molecule has 3 aromatic rings. The van der Waals surface area contributed by atoms with Crippen LogP contribution in [0.2, 0.25) is 0 Å². The number of benzene rings is 1. The number of hydrogen-bond acceptors (Lipinski definition) is 2. The van der Waals surface area contributed by atoms with E-state index < -0.39 is 12.4 Å². The normalized spacial score (nSPS) is 11.4. The number of hydrogen-bond donors (Lipinski definition) is 0. The summed E-state index contributed by atoms with van der Waals surface area (Å²) in [6, 6.07) is 9.99. The minimum Gasteiger partial charge on any atom is -0.465 e. The third kappa shape index (κ3) is 1.74. The van der Waals surface area contributed by atoms with Gasteiger partial charge in [0.05, 0.1) is 23.7 Å². The number of ether oxygens (including phenoxy) is 1. The van der Waals surface area contributed by atoms with Crippen molar-refractivity contribution in [3.63, 3.8) is 0 Å². The highest BCUT2D eigenvalue weighted by Gasteiger charge is 2.19. The van der Waals surface area contributed by atoms with Crippen molar-refractivity contribution in [2.75, 3.05) is 7.11 Å². The second kappa shape index (κ2) is 4.59. The molecule has 20 heavy (non-hydrogen) atoms. The third-order valence-corrected chi connectivity index (χ3v) is 3.30. The molecule has 102 valence electrons. The molecule has 0 amide bonds. The van der Waals surface area contributed by atoms with Crippen molar-refractivity contribution in [3.05, 3.63) is 53.7 Å². The van der Waals surface area contributed by atoms with Gasteiger partial charge in [0.2, 0.25) is 0 Å². The predicted octanol–water partition coefficient (Wildman–Crippen LogP) is 3.82. The second-order valence-corrected chi connectivity index (χ2v) is 4.40. The van der Waals surface area contributed by atoms with E-state index in [1.165, 1.54) is 25.4 Å². The van der Waals surface area contributed by atoms with Crippen LogP contribution in [0.25, 0.3) is 16.4 Å². The van der Waals surface area contributed by atoms with Crippen molar-refractivity contribution >= 4 is 22.4 Å². The number of pyridine rings is 1. The van der Waals surface area contributed by atoms with Crippen LogP contribution >= 0.6 is 0 Å². The van der Waals surface area contributed by atoms with E-state index in [1.807, 2.05) is 0 Å². The molecule has 0 unspecified atom stereocenters. The summed E-state index contributed by atoms with van der Waals surface area (Å²) in [5, 5.41) is 0.686. The van der Waals surface area contributed by atoms with E-state index in [0.29, 0.717) is 22.0 Å². The van der Waals surface area contributed by atoms with E-state index in [1.54, 1.807) is 28.7 Å². The number of aromatic nitrogens is 1. The standard InChI is InChI=1S/C15H11F2NO2/c1-20-15(19)13-10-4-2-3-5-11(10)18-8-9(14(16)17)6-7-12(13)18/h2-8,14H,1H3. The summed E-state index contributed by atoms with van der Waals surface area (Å²) in [6.45, 7) is 0. The fourth-order valence-corrected chi connectivity index (χ4v) is 2.40. The fraction of sp³-hybridized carbons (Fsp3) is 0.133. The number of rotatable bonds is 2. The van der Waals surface area contributed by atoms with Crippen molar-refractivity contribution in [1.29, 1.82) is 0 Å².